The van der Waals surface area contributed by atoms with E-state index < -0.39 is 10.0 Å². The average molecular weight is 300 g/mol. The van der Waals surface area contributed by atoms with E-state index in [2.05, 4.69) is 5.10 Å². The molecule has 0 aliphatic heterocycles. The molecule has 1 aliphatic rings. The first-order chi connectivity index (χ1) is 9.45. The Labute approximate surface area is 121 Å². The second-order valence-electron chi connectivity index (χ2n) is 5.78. The van der Waals surface area contributed by atoms with Crippen LogP contribution in [0.15, 0.2) is 17.3 Å². The number of nitrogens with two attached hydrogens (primary N) is 1. The fourth-order valence-corrected chi connectivity index (χ4v) is 3.96. The van der Waals surface area contributed by atoms with Crippen molar-refractivity contribution in [1.82, 2.24) is 14.1 Å². The number of aryl methyl sites for hydroxylation is 1. The van der Waals surface area contributed by atoms with Crippen LogP contribution in [0.4, 0.5) is 0 Å². The van der Waals surface area contributed by atoms with Crippen molar-refractivity contribution < 1.29 is 8.42 Å². The van der Waals surface area contributed by atoms with Crippen LogP contribution in [-0.4, -0.2) is 41.6 Å². The van der Waals surface area contributed by atoms with E-state index in [0.29, 0.717) is 30.4 Å². The average Bonchev–Trinajstić information content (AvgIpc) is 3.10. The second kappa shape index (κ2) is 6.24. The maximum Gasteiger partial charge on any atom is 0.246 e. The van der Waals surface area contributed by atoms with Gasteiger partial charge in [-0.05, 0) is 31.7 Å². The molecule has 0 bridgehead atoms. The fraction of sp³-hybridized carbons (Fsp3) is 0.769. The molecule has 1 aromatic rings. The standard InChI is InChI=1S/C13H24N4O2S/c1-11(2)9-17(12-4-5-12)20(18,19)13-8-15-16(10-13)7-3-6-14/h8,10-12H,3-7,9,14H2,1-2H3. The summed E-state index contributed by atoms with van der Waals surface area (Å²) < 4.78 is 28.7. The van der Waals surface area contributed by atoms with E-state index in [9.17, 15) is 8.42 Å². The first-order valence-corrected chi connectivity index (χ1v) is 8.63. The second-order valence-corrected chi connectivity index (χ2v) is 7.67. The summed E-state index contributed by atoms with van der Waals surface area (Å²) in [6.07, 6.45) is 5.78. The topological polar surface area (TPSA) is 81.2 Å². The maximum absolute atomic E-state index is 12.7. The van der Waals surface area contributed by atoms with Crippen molar-refractivity contribution in [2.75, 3.05) is 13.1 Å². The van der Waals surface area contributed by atoms with Gasteiger partial charge in [-0.1, -0.05) is 13.8 Å². The van der Waals surface area contributed by atoms with E-state index in [1.165, 1.54) is 6.20 Å². The Balaban J connectivity index is 2.17. The first kappa shape index (κ1) is 15.5. The van der Waals surface area contributed by atoms with Crippen molar-refractivity contribution in [2.45, 2.75) is 50.6 Å². The lowest BCUT2D eigenvalue weighted by molar-refractivity contribution is 0.360. The summed E-state index contributed by atoms with van der Waals surface area (Å²) in [4.78, 5) is 0.294. The first-order valence-electron chi connectivity index (χ1n) is 7.19. The van der Waals surface area contributed by atoms with Crippen molar-refractivity contribution in [3.05, 3.63) is 12.4 Å². The van der Waals surface area contributed by atoms with Crippen LogP contribution in [0.5, 0.6) is 0 Å². The normalized spacial score (nSPS) is 16.2. The van der Waals surface area contributed by atoms with Crippen LogP contribution in [0.1, 0.15) is 33.1 Å². The number of aromatic nitrogens is 2. The molecular weight excluding hydrogens is 276 g/mol. The minimum absolute atomic E-state index is 0.176. The predicted molar refractivity (Wildman–Crippen MR) is 77.7 cm³/mol. The highest BCUT2D eigenvalue weighted by molar-refractivity contribution is 7.89. The highest BCUT2D eigenvalue weighted by atomic mass is 32.2. The Kier molecular flexibility index (Phi) is 4.82. The zero-order valence-corrected chi connectivity index (χ0v) is 13.0. The third-order valence-corrected chi connectivity index (χ3v) is 5.18. The third kappa shape index (κ3) is 3.59. The Morgan fingerprint density at radius 3 is 2.75 bits per heavy atom. The molecule has 1 aromatic heterocycles. The molecule has 1 saturated carbocycles. The maximum atomic E-state index is 12.7. The molecule has 1 heterocycles. The largest absolute Gasteiger partial charge is 0.330 e. The Morgan fingerprint density at radius 2 is 2.20 bits per heavy atom. The lowest BCUT2D eigenvalue weighted by Gasteiger charge is -2.22. The van der Waals surface area contributed by atoms with Crippen molar-refractivity contribution in [1.29, 1.82) is 0 Å². The summed E-state index contributed by atoms with van der Waals surface area (Å²) in [6, 6.07) is 0.176. The van der Waals surface area contributed by atoms with E-state index >= 15 is 0 Å². The molecule has 0 spiro atoms. The summed E-state index contributed by atoms with van der Waals surface area (Å²) in [5, 5.41) is 4.12. The molecule has 1 fully saturated rings. The minimum atomic E-state index is -3.42. The Bertz CT molecular complexity index is 534. The smallest absolute Gasteiger partial charge is 0.246 e. The number of sulfonamides is 1. The van der Waals surface area contributed by atoms with Gasteiger partial charge in [0.05, 0.1) is 6.20 Å². The van der Waals surface area contributed by atoms with Crippen LogP contribution >= 0.6 is 0 Å². The zero-order valence-electron chi connectivity index (χ0n) is 12.2. The van der Waals surface area contributed by atoms with Crippen LogP contribution in [-0.2, 0) is 16.6 Å². The van der Waals surface area contributed by atoms with E-state index in [1.54, 1.807) is 15.2 Å². The molecule has 0 aromatic carbocycles. The molecule has 0 saturated heterocycles. The molecule has 1 aliphatic carbocycles. The quantitative estimate of drug-likeness (QED) is 0.778. The Hall–Kier alpha value is -0.920. The highest BCUT2D eigenvalue weighted by Crippen LogP contribution is 2.32. The van der Waals surface area contributed by atoms with Crippen molar-refractivity contribution in [3.63, 3.8) is 0 Å². The summed E-state index contributed by atoms with van der Waals surface area (Å²) in [5.74, 6) is 0.317. The molecule has 2 rings (SSSR count). The molecule has 20 heavy (non-hydrogen) atoms. The van der Waals surface area contributed by atoms with Crippen molar-refractivity contribution >= 4 is 10.0 Å². The summed E-state index contributed by atoms with van der Waals surface area (Å²) in [6.45, 7) is 5.87. The van der Waals surface area contributed by atoms with Gasteiger partial charge >= 0.3 is 0 Å². The molecule has 0 atom stereocenters. The predicted octanol–water partition coefficient (Wildman–Crippen LogP) is 1.04. The van der Waals surface area contributed by atoms with E-state index in [1.807, 2.05) is 13.8 Å². The molecule has 2 N–H and O–H groups in total. The van der Waals surface area contributed by atoms with Gasteiger partial charge in [-0.15, -0.1) is 0 Å². The monoisotopic (exact) mass is 300 g/mol. The minimum Gasteiger partial charge on any atom is -0.330 e. The lowest BCUT2D eigenvalue weighted by atomic mass is 10.2. The van der Waals surface area contributed by atoms with Gasteiger partial charge in [0.25, 0.3) is 0 Å². The summed E-state index contributed by atoms with van der Waals surface area (Å²) in [5.41, 5.74) is 5.45. The van der Waals surface area contributed by atoms with Gasteiger partial charge in [-0.2, -0.15) is 9.40 Å². The number of hydrogen-bond acceptors (Lipinski definition) is 4. The van der Waals surface area contributed by atoms with E-state index in [-0.39, 0.29) is 6.04 Å². The van der Waals surface area contributed by atoms with Gasteiger partial charge in [-0.25, -0.2) is 8.42 Å². The lowest BCUT2D eigenvalue weighted by Crippen LogP contribution is -2.36. The summed E-state index contributed by atoms with van der Waals surface area (Å²) >= 11 is 0. The molecule has 0 unspecified atom stereocenters. The number of nitrogens with zero attached hydrogens (tertiary/aromatic N) is 3. The fourth-order valence-electron chi connectivity index (χ4n) is 2.15. The van der Waals surface area contributed by atoms with Gasteiger partial charge in [0.15, 0.2) is 0 Å². The van der Waals surface area contributed by atoms with Gasteiger partial charge in [0.1, 0.15) is 4.90 Å². The molecule has 7 heteroatoms. The highest BCUT2D eigenvalue weighted by Gasteiger charge is 2.38. The van der Waals surface area contributed by atoms with Crippen LogP contribution in [0.2, 0.25) is 0 Å². The van der Waals surface area contributed by atoms with Crippen LogP contribution in [0, 0.1) is 5.92 Å². The molecular formula is C13H24N4O2S. The Morgan fingerprint density at radius 1 is 1.50 bits per heavy atom. The van der Waals surface area contributed by atoms with Gasteiger partial charge in [0, 0.05) is 25.3 Å². The van der Waals surface area contributed by atoms with Crippen LogP contribution in [0.3, 0.4) is 0 Å². The summed E-state index contributed by atoms with van der Waals surface area (Å²) in [7, 11) is -3.42. The number of hydrogen-bond donors (Lipinski definition) is 1. The van der Waals surface area contributed by atoms with Gasteiger partial charge < -0.3 is 5.73 Å². The van der Waals surface area contributed by atoms with Crippen molar-refractivity contribution in [2.24, 2.45) is 11.7 Å². The molecule has 0 radical (unpaired) electrons. The SMILES string of the molecule is CC(C)CN(C1CC1)S(=O)(=O)c1cnn(CCCN)c1. The molecule has 6 nitrogen and oxygen atoms in total. The van der Waals surface area contributed by atoms with E-state index in [0.717, 1.165) is 19.3 Å². The molecule has 114 valence electrons. The van der Waals surface area contributed by atoms with E-state index in [4.69, 9.17) is 5.73 Å². The van der Waals surface area contributed by atoms with Crippen molar-refractivity contribution in [3.8, 4) is 0 Å². The van der Waals surface area contributed by atoms with Gasteiger partial charge in [-0.3, -0.25) is 4.68 Å². The number of rotatable bonds is 8. The zero-order chi connectivity index (χ0) is 14.8. The van der Waals surface area contributed by atoms with Crippen LogP contribution < -0.4 is 5.73 Å². The van der Waals surface area contributed by atoms with Gasteiger partial charge in [0.2, 0.25) is 10.0 Å². The third-order valence-electron chi connectivity index (χ3n) is 3.31. The molecule has 0 amide bonds. The van der Waals surface area contributed by atoms with Crippen LogP contribution in [0.25, 0.3) is 0 Å².